The predicted octanol–water partition coefficient (Wildman–Crippen LogP) is 2.43. The Bertz CT molecular complexity index is 931. The molecule has 6 nitrogen and oxygen atoms in total. The van der Waals surface area contributed by atoms with Crippen molar-refractivity contribution in [1.82, 2.24) is 15.0 Å². The van der Waals surface area contributed by atoms with Crippen LogP contribution in [0.4, 0.5) is 5.69 Å². The van der Waals surface area contributed by atoms with Crippen LogP contribution in [0.15, 0.2) is 48.7 Å². The summed E-state index contributed by atoms with van der Waals surface area (Å²) in [7, 11) is 0. The molecular formula is C20H20N4O2. The van der Waals surface area contributed by atoms with E-state index in [0.717, 1.165) is 29.8 Å². The molecule has 2 N–H and O–H groups in total. The van der Waals surface area contributed by atoms with E-state index in [9.17, 15) is 4.79 Å². The van der Waals surface area contributed by atoms with Crippen LogP contribution in [0.3, 0.4) is 0 Å². The number of hydrogen-bond donors (Lipinski definition) is 2. The lowest BCUT2D eigenvalue weighted by atomic mass is 10.0. The second-order valence-electron chi connectivity index (χ2n) is 6.54. The number of rotatable bonds is 5. The molecule has 26 heavy (non-hydrogen) atoms. The van der Waals surface area contributed by atoms with Crippen molar-refractivity contribution in [2.75, 3.05) is 5.32 Å². The topological polar surface area (TPSA) is 80.0 Å². The predicted molar refractivity (Wildman–Crippen MR) is 98.1 cm³/mol. The quantitative estimate of drug-likeness (QED) is 0.742. The molecule has 1 aliphatic carbocycles. The van der Waals surface area contributed by atoms with Crippen molar-refractivity contribution in [3.05, 3.63) is 71.0 Å². The van der Waals surface area contributed by atoms with E-state index in [1.54, 1.807) is 10.9 Å². The van der Waals surface area contributed by atoms with Gasteiger partial charge >= 0.3 is 0 Å². The summed E-state index contributed by atoms with van der Waals surface area (Å²) >= 11 is 0. The third-order valence-corrected chi connectivity index (χ3v) is 4.65. The van der Waals surface area contributed by atoms with Crippen LogP contribution < -0.4 is 5.32 Å². The summed E-state index contributed by atoms with van der Waals surface area (Å²) in [6.45, 7) is -0.142. The van der Waals surface area contributed by atoms with Gasteiger partial charge in [-0.3, -0.25) is 4.79 Å². The Morgan fingerprint density at radius 3 is 2.69 bits per heavy atom. The van der Waals surface area contributed by atoms with Crippen LogP contribution in [0.2, 0.25) is 0 Å². The van der Waals surface area contributed by atoms with Crippen LogP contribution in [-0.2, 0) is 30.7 Å². The van der Waals surface area contributed by atoms with Crippen LogP contribution in [-0.4, -0.2) is 26.0 Å². The Morgan fingerprint density at radius 2 is 1.92 bits per heavy atom. The zero-order valence-electron chi connectivity index (χ0n) is 14.4. The van der Waals surface area contributed by atoms with Gasteiger partial charge in [0.2, 0.25) is 5.91 Å². The number of nitrogens with zero attached hydrogens (tertiary/aromatic N) is 3. The molecule has 1 heterocycles. The summed E-state index contributed by atoms with van der Waals surface area (Å²) < 4.78 is 1.59. The van der Waals surface area contributed by atoms with E-state index in [2.05, 4.69) is 33.8 Å². The minimum atomic E-state index is -0.142. The van der Waals surface area contributed by atoms with Crippen LogP contribution >= 0.6 is 0 Å². The number of amides is 1. The Hall–Kier alpha value is -2.99. The van der Waals surface area contributed by atoms with Gasteiger partial charge in [0.25, 0.3) is 0 Å². The highest BCUT2D eigenvalue weighted by Crippen LogP contribution is 2.23. The van der Waals surface area contributed by atoms with Crippen molar-refractivity contribution in [2.24, 2.45) is 0 Å². The van der Waals surface area contributed by atoms with E-state index in [4.69, 9.17) is 5.11 Å². The third kappa shape index (κ3) is 3.50. The van der Waals surface area contributed by atoms with Crippen LogP contribution in [0, 0.1) is 0 Å². The van der Waals surface area contributed by atoms with Crippen molar-refractivity contribution in [3.63, 3.8) is 0 Å². The molecule has 6 heteroatoms. The number of benzene rings is 2. The van der Waals surface area contributed by atoms with E-state index in [-0.39, 0.29) is 12.5 Å². The fourth-order valence-electron chi connectivity index (χ4n) is 3.32. The number of hydrogen-bond acceptors (Lipinski definition) is 4. The van der Waals surface area contributed by atoms with Gasteiger partial charge in [-0.25, -0.2) is 4.68 Å². The number of aromatic nitrogens is 3. The molecule has 1 amide bonds. The normalized spacial score (nSPS) is 12.8. The average molecular weight is 348 g/mol. The van der Waals surface area contributed by atoms with Gasteiger partial charge in [-0.1, -0.05) is 23.4 Å². The molecule has 0 aliphatic heterocycles. The molecule has 0 spiro atoms. The van der Waals surface area contributed by atoms with Gasteiger partial charge in [0.1, 0.15) is 5.69 Å². The van der Waals surface area contributed by atoms with Gasteiger partial charge in [-0.15, -0.1) is 5.10 Å². The summed E-state index contributed by atoms with van der Waals surface area (Å²) in [5.41, 5.74) is 5.92. The summed E-state index contributed by atoms with van der Waals surface area (Å²) in [6.07, 6.45) is 5.52. The third-order valence-electron chi connectivity index (χ3n) is 4.65. The van der Waals surface area contributed by atoms with E-state index in [1.807, 2.05) is 24.3 Å². The second-order valence-corrected chi connectivity index (χ2v) is 6.54. The Kier molecular flexibility index (Phi) is 4.50. The zero-order chi connectivity index (χ0) is 17.9. The maximum Gasteiger partial charge on any atom is 0.228 e. The van der Waals surface area contributed by atoms with Gasteiger partial charge in [-0.2, -0.15) is 0 Å². The number of aryl methyl sites for hydroxylation is 2. The van der Waals surface area contributed by atoms with Gasteiger partial charge < -0.3 is 10.4 Å². The molecule has 1 aliphatic rings. The monoisotopic (exact) mass is 348 g/mol. The molecule has 2 aromatic carbocycles. The van der Waals surface area contributed by atoms with E-state index >= 15 is 0 Å². The van der Waals surface area contributed by atoms with Gasteiger partial charge in [0.15, 0.2) is 0 Å². The van der Waals surface area contributed by atoms with E-state index < -0.39 is 0 Å². The summed E-state index contributed by atoms with van der Waals surface area (Å²) in [6, 6.07) is 13.7. The molecule has 0 atom stereocenters. The molecule has 0 unspecified atom stereocenters. The molecule has 0 saturated heterocycles. The largest absolute Gasteiger partial charge is 0.390 e. The molecular weight excluding hydrogens is 328 g/mol. The van der Waals surface area contributed by atoms with Crippen LogP contribution in [0.1, 0.15) is 28.8 Å². The summed E-state index contributed by atoms with van der Waals surface area (Å²) in [5.74, 6) is -0.0287. The van der Waals surface area contributed by atoms with Crippen molar-refractivity contribution >= 4 is 11.6 Å². The molecule has 0 radical (unpaired) electrons. The maximum absolute atomic E-state index is 12.3. The number of nitrogens with one attached hydrogen (secondary N) is 1. The van der Waals surface area contributed by atoms with Gasteiger partial charge in [0, 0.05) is 5.69 Å². The number of aliphatic hydroxyl groups is 1. The molecule has 3 aromatic rings. The van der Waals surface area contributed by atoms with E-state index in [1.165, 1.54) is 17.5 Å². The smallest absolute Gasteiger partial charge is 0.228 e. The van der Waals surface area contributed by atoms with Crippen molar-refractivity contribution in [2.45, 2.75) is 32.3 Å². The molecule has 0 fully saturated rings. The van der Waals surface area contributed by atoms with Crippen LogP contribution in [0.25, 0.3) is 5.69 Å². The Balaban J connectivity index is 1.39. The average Bonchev–Trinajstić information content (AvgIpc) is 3.31. The zero-order valence-corrected chi connectivity index (χ0v) is 14.4. The first kappa shape index (κ1) is 16.5. The van der Waals surface area contributed by atoms with Crippen molar-refractivity contribution in [1.29, 1.82) is 0 Å². The SMILES string of the molecule is O=C(Cc1ccc2c(c1)CCC2)Nc1ccc(-n2cc(CO)nn2)cc1. The first-order chi connectivity index (χ1) is 12.7. The van der Waals surface area contributed by atoms with Crippen LogP contribution in [0.5, 0.6) is 0 Å². The highest BCUT2D eigenvalue weighted by Gasteiger charge is 2.12. The summed E-state index contributed by atoms with van der Waals surface area (Å²) in [4.78, 5) is 12.3. The molecule has 132 valence electrons. The standard InChI is InChI=1S/C20H20N4O2/c25-13-18-12-24(23-22-18)19-8-6-17(7-9-19)21-20(26)11-14-4-5-15-2-1-3-16(15)10-14/h4-10,12,25H,1-3,11,13H2,(H,21,26). The fourth-order valence-corrected chi connectivity index (χ4v) is 3.32. The minimum Gasteiger partial charge on any atom is -0.390 e. The fraction of sp³-hybridized carbons (Fsp3) is 0.250. The molecule has 0 saturated carbocycles. The number of carbonyl (C=O) groups excluding carboxylic acids is 1. The van der Waals surface area contributed by atoms with Gasteiger partial charge in [0.05, 0.1) is 24.9 Å². The van der Waals surface area contributed by atoms with Crippen molar-refractivity contribution in [3.8, 4) is 5.69 Å². The summed E-state index contributed by atoms with van der Waals surface area (Å²) in [5, 5.41) is 19.8. The number of aliphatic hydroxyl groups excluding tert-OH is 1. The lowest BCUT2D eigenvalue weighted by Gasteiger charge is -2.08. The maximum atomic E-state index is 12.3. The number of anilines is 1. The lowest BCUT2D eigenvalue weighted by molar-refractivity contribution is -0.115. The highest BCUT2D eigenvalue weighted by atomic mass is 16.3. The lowest BCUT2D eigenvalue weighted by Crippen LogP contribution is -2.14. The molecule has 0 bridgehead atoms. The first-order valence-electron chi connectivity index (χ1n) is 8.74. The molecule has 4 rings (SSSR count). The molecule has 1 aromatic heterocycles. The Labute approximate surface area is 151 Å². The van der Waals surface area contributed by atoms with Crippen molar-refractivity contribution < 1.29 is 9.90 Å². The van der Waals surface area contributed by atoms with Gasteiger partial charge in [-0.05, 0) is 60.2 Å². The Morgan fingerprint density at radius 1 is 1.12 bits per heavy atom. The highest BCUT2D eigenvalue weighted by molar-refractivity contribution is 5.92. The minimum absolute atomic E-state index is 0.0287. The number of carbonyl (C=O) groups is 1. The second kappa shape index (κ2) is 7.09. The first-order valence-corrected chi connectivity index (χ1v) is 8.74. The number of fused-ring (bicyclic) bond motifs is 1. The van der Waals surface area contributed by atoms with E-state index in [0.29, 0.717) is 12.1 Å².